The number of rotatable bonds is 6. The monoisotopic (exact) mass is 174 g/mol. The van der Waals surface area contributed by atoms with Crippen LogP contribution >= 0.6 is 0 Å². The molecule has 0 aromatic heterocycles. The van der Waals surface area contributed by atoms with Crippen LogP contribution in [0.5, 0.6) is 0 Å². The quantitative estimate of drug-likeness (QED) is 0.372. The second kappa shape index (κ2) is 5.11. The molecule has 0 fully saturated rings. The molecule has 0 amide bonds. The first kappa shape index (κ1) is 10.4. The van der Waals surface area contributed by atoms with E-state index in [1.54, 1.807) is 0 Å². The topological polar surface area (TPSA) is 99.0 Å². The molecule has 6 heteroatoms. The zero-order valence-corrected chi connectivity index (χ0v) is 6.36. The molecule has 0 rings (SSSR count). The van der Waals surface area contributed by atoms with Crippen LogP contribution in [0.15, 0.2) is 5.10 Å². The Balaban J connectivity index is 3.86. The van der Waals surface area contributed by atoms with Gasteiger partial charge in [-0.15, -0.1) is 0 Å². The van der Waals surface area contributed by atoms with Crippen molar-refractivity contribution in [2.75, 3.05) is 0 Å². The highest BCUT2D eigenvalue weighted by atomic mass is 16.4. The van der Waals surface area contributed by atoms with E-state index in [9.17, 15) is 9.59 Å². The fraction of sp³-hybridized carbons (Fsp3) is 0.500. The van der Waals surface area contributed by atoms with E-state index in [4.69, 9.17) is 10.2 Å². The van der Waals surface area contributed by atoms with Crippen molar-refractivity contribution in [3.63, 3.8) is 0 Å². The highest BCUT2D eigenvalue weighted by Crippen LogP contribution is 1.97. The number of aliphatic carboxylic acids is 2. The Hall–Kier alpha value is -1.59. The third-order valence-corrected chi connectivity index (χ3v) is 1.19. The molecular formula is C6H10N2O4. The van der Waals surface area contributed by atoms with Crippen LogP contribution in [0.4, 0.5) is 0 Å². The average Bonchev–Trinajstić information content (AvgIpc) is 1.96. The molecule has 0 saturated carbocycles. The lowest BCUT2D eigenvalue weighted by atomic mass is 10.2. The first-order valence-corrected chi connectivity index (χ1v) is 3.23. The summed E-state index contributed by atoms with van der Waals surface area (Å²) in [5.74, 6) is -2.17. The maximum absolute atomic E-state index is 10.4. The average molecular weight is 174 g/mol. The standard InChI is InChI=1S/C6H10N2O4/c1-7-8-4(6(11)12)2-3-5(9)10/h4,8H,1-3H2,(H,9,10)(H,11,12). The largest absolute Gasteiger partial charge is 0.481 e. The fourth-order valence-corrected chi connectivity index (χ4v) is 0.621. The van der Waals surface area contributed by atoms with Crippen LogP contribution in [0, 0.1) is 0 Å². The molecule has 0 aromatic rings. The van der Waals surface area contributed by atoms with Gasteiger partial charge >= 0.3 is 11.9 Å². The molecular weight excluding hydrogens is 164 g/mol. The minimum Gasteiger partial charge on any atom is -0.481 e. The summed E-state index contributed by atoms with van der Waals surface area (Å²) in [6.45, 7) is 3.04. The van der Waals surface area contributed by atoms with Gasteiger partial charge in [0.25, 0.3) is 0 Å². The van der Waals surface area contributed by atoms with Gasteiger partial charge < -0.3 is 10.2 Å². The number of hydrogen-bond donors (Lipinski definition) is 3. The molecule has 6 nitrogen and oxygen atoms in total. The molecule has 0 heterocycles. The van der Waals surface area contributed by atoms with Crippen LogP contribution in [-0.2, 0) is 9.59 Å². The SMILES string of the molecule is C=NNC(CCC(=O)O)C(=O)O. The summed E-state index contributed by atoms with van der Waals surface area (Å²) < 4.78 is 0. The smallest absolute Gasteiger partial charge is 0.327 e. The first-order valence-electron chi connectivity index (χ1n) is 3.23. The summed E-state index contributed by atoms with van der Waals surface area (Å²) in [6.07, 6.45) is -0.219. The van der Waals surface area contributed by atoms with Crippen molar-refractivity contribution in [1.29, 1.82) is 0 Å². The highest BCUT2D eigenvalue weighted by Gasteiger charge is 2.16. The van der Waals surface area contributed by atoms with E-state index in [0.717, 1.165) is 0 Å². The van der Waals surface area contributed by atoms with Crippen molar-refractivity contribution in [3.8, 4) is 0 Å². The molecule has 0 bridgehead atoms. The molecule has 0 radical (unpaired) electrons. The Morgan fingerprint density at radius 1 is 1.50 bits per heavy atom. The first-order chi connectivity index (χ1) is 5.57. The van der Waals surface area contributed by atoms with Crippen molar-refractivity contribution < 1.29 is 19.8 Å². The predicted molar refractivity (Wildman–Crippen MR) is 41.0 cm³/mol. The van der Waals surface area contributed by atoms with Crippen LogP contribution in [0.1, 0.15) is 12.8 Å². The summed E-state index contributed by atoms with van der Waals surface area (Å²) in [5, 5.41) is 19.9. The lowest BCUT2D eigenvalue weighted by Gasteiger charge is -2.08. The molecule has 3 N–H and O–H groups in total. The van der Waals surface area contributed by atoms with Crippen LogP contribution in [0.3, 0.4) is 0 Å². The summed E-state index contributed by atoms with van der Waals surface area (Å²) in [5.41, 5.74) is 2.19. The molecule has 1 unspecified atom stereocenters. The summed E-state index contributed by atoms with van der Waals surface area (Å²) in [6, 6.07) is -0.974. The van der Waals surface area contributed by atoms with E-state index in [0.29, 0.717) is 0 Å². The molecule has 12 heavy (non-hydrogen) atoms. The Kier molecular flexibility index (Phi) is 4.43. The fourth-order valence-electron chi connectivity index (χ4n) is 0.621. The third kappa shape index (κ3) is 4.26. The van der Waals surface area contributed by atoms with Gasteiger partial charge in [-0.1, -0.05) is 0 Å². The van der Waals surface area contributed by atoms with Gasteiger partial charge in [-0.2, -0.15) is 5.10 Å². The lowest BCUT2D eigenvalue weighted by Crippen LogP contribution is -2.33. The van der Waals surface area contributed by atoms with Crippen molar-refractivity contribution in [2.45, 2.75) is 18.9 Å². The number of hydrogen-bond acceptors (Lipinski definition) is 4. The number of nitrogens with zero attached hydrogens (tertiary/aromatic N) is 1. The summed E-state index contributed by atoms with van der Waals surface area (Å²) >= 11 is 0. The minimum atomic E-state index is -1.14. The van der Waals surface area contributed by atoms with Crippen LogP contribution in [0.2, 0.25) is 0 Å². The molecule has 0 saturated heterocycles. The van der Waals surface area contributed by atoms with Gasteiger partial charge in [0, 0.05) is 13.1 Å². The minimum absolute atomic E-state index is 0.0102. The lowest BCUT2D eigenvalue weighted by molar-refractivity contribution is -0.140. The number of carboxylic acid groups (broad SMARTS) is 2. The summed E-state index contributed by atoms with van der Waals surface area (Å²) in [7, 11) is 0. The van der Waals surface area contributed by atoms with Gasteiger partial charge in [0.2, 0.25) is 0 Å². The van der Waals surface area contributed by atoms with Crippen molar-refractivity contribution in [3.05, 3.63) is 0 Å². The van der Waals surface area contributed by atoms with Gasteiger partial charge in [0.1, 0.15) is 6.04 Å². The Morgan fingerprint density at radius 2 is 2.08 bits per heavy atom. The van der Waals surface area contributed by atoms with E-state index in [1.165, 1.54) is 0 Å². The maximum atomic E-state index is 10.4. The molecule has 0 aromatic carbocycles. The number of nitrogens with one attached hydrogen (secondary N) is 1. The summed E-state index contributed by atoms with van der Waals surface area (Å²) in [4.78, 5) is 20.4. The van der Waals surface area contributed by atoms with E-state index < -0.39 is 18.0 Å². The van der Waals surface area contributed by atoms with Gasteiger partial charge in [0.15, 0.2) is 0 Å². The highest BCUT2D eigenvalue weighted by molar-refractivity contribution is 5.75. The predicted octanol–water partition coefficient (Wildman–Crippen LogP) is -0.490. The van der Waals surface area contributed by atoms with Crippen molar-refractivity contribution in [1.82, 2.24) is 5.43 Å². The zero-order chi connectivity index (χ0) is 9.56. The number of hydrazone groups is 1. The van der Waals surface area contributed by atoms with Gasteiger partial charge in [-0.3, -0.25) is 10.2 Å². The Labute approximate surface area is 68.9 Å². The van der Waals surface area contributed by atoms with Gasteiger partial charge in [-0.25, -0.2) is 4.79 Å². The molecule has 1 atom stereocenters. The molecule has 0 aliphatic rings. The molecule has 0 spiro atoms. The van der Waals surface area contributed by atoms with Gasteiger partial charge in [-0.05, 0) is 6.42 Å². The van der Waals surface area contributed by atoms with Crippen LogP contribution in [-0.4, -0.2) is 34.9 Å². The van der Waals surface area contributed by atoms with Crippen LogP contribution < -0.4 is 5.43 Å². The normalized spacial score (nSPS) is 11.7. The van der Waals surface area contributed by atoms with E-state index in [1.807, 2.05) is 0 Å². The van der Waals surface area contributed by atoms with E-state index in [-0.39, 0.29) is 12.8 Å². The number of carboxylic acids is 2. The Bertz CT molecular complexity index is 192. The third-order valence-electron chi connectivity index (χ3n) is 1.19. The number of carbonyl (C=O) groups is 2. The molecule has 0 aliphatic heterocycles. The van der Waals surface area contributed by atoms with Crippen molar-refractivity contribution in [2.24, 2.45) is 5.10 Å². The Morgan fingerprint density at radius 3 is 2.42 bits per heavy atom. The van der Waals surface area contributed by atoms with Crippen molar-refractivity contribution >= 4 is 18.7 Å². The second-order valence-electron chi connectivity index (χ2n) is 2.11. The molecule has 0 aliphatic carbocycles. The second-order valence-corrected chi connectivity index (χ2v) is 2.11. The maximum Gasteiger partial charge on any atom is 0.327 e. The van der Waals surface area contributed by atoms with E-state index in [2.05, 4.69) is 17.2 Å². The van der Waals surface area contributed by atoms with E-state index >= 15 is 0 Å². The zero-order valence-electron chi connectivity index (χ0n) is 6.36. The molecule has 68 valence electrons. The van der Waals surface area contributed by atoms with Crippen LogP contribution in [0.25, 0.3) is 0 Å². The van der Waals surface area contributed by atoms with Gasteiger partial charge in [0.05, 0.1) is 0 Å².